The number of rotatable bonds is 10. The Kier molecular flexibility index (Phi) is 8.93. The molecule has 2 amide bonds. The van der Waals surface area contributed by atoms with Crippen LogP contribution in [0.1, 0.15) is 46.6 Å². The normalized spacial score (nSPS) is 11.1. The van der Waals surface area contributed by atoms with Gasteiger partial charge >= 0.3 is 0 Å². The standard InChI is InChI=1S/C25H35N3O4/c1-17(2)12-23(29)27-20-9-7-8-19(14-20)26-15-18-10-11-21(22(13-18)31-6)32-16-24(30)28-25(3,4)5/h7-11,13-14,17,26H,12,15-16H2,1-6H3,(H,27,29)(H,28,30). The van der Waals surface area contributed by atoms with Gasteiger partial charge in [-0.3, -0.25) is 9.59 Å². The minimum absolute atomic E-state index is 0.00802. The number of benzene rings is 2. The molecular weight excluding hydrogens is 406 g/mol. The van der Waals surface area contributed by atoms with Gasteiger partial charge in [-0.05, 0) is 62.6 Å². The zero-order valence-electron chi connectivity index (χ0n) is 19.9. The highest BCUT2D eigenvalue weighted by atomic mass is 16.5. The fourth-order valence-electron chi connectivity index (χ4n) is 3.03. The summed E-state index contributed by atoms with van der Waals surface area (Å²) in [5.41, 5.74) is 2.33. The smallest absolute Gasteiger partial charge is 0.258 e. The van der Waals surface area contributed by atoms with E-state index < -0.39 is 0 Å². The highest BCUT2D eigenvalue weighted by Crippen LogP contribution is 2.28. The first-order valence-electron chi connectivity index (χ1n) is 10.8. The Morgan fingerprint density at radius 1 is 0.969 bits per heavy atom. The van der Waals surface area contributed by atoms with Crippen LogP contribution in [0.3, 0.4) is 0 Å². The lowest BCUT2D eigenvalue weighted by molar-refractivity contribution is -0.124. The number of carbonyl (C=O) groups is 2. The maximum atomic E-state index is 12.0. The van der Waals surface area contributed by atoms with Crippen molar-refractivity contribution in [3.63, 3.8) is 0 Å². The first kappa shape index (κ1) is 25.0. The summed E-state index contributed by atoms with van der Waals surface area (Å²) in [7, 11) is 1.57. The molecule has 0 radical (unpaired) electrons. The molecular formula is C25H35N3O4. The molecule has 0 saturated carbocycles. The van der Waals surface area contributed by atoms with Gasteiger partial charge < -0.3 is 25.4 Å². The summed E-state index contributed by atoms with van der Waals surface area (Å²) in [4.78, 5) is 24.0. The first-order chi connectivity index (χ1) is 15.1. The number of methoxy groups -OCH3 is 1. The van der Waals surface area contributed by atoms with Gasteiger partial charge in [0.2, 0.25) is 5.91 Å². The summed E-state index contributed by atoms with van der Waals surface area (Å²) in [6, 6.07) is 13.2. The number of ether oxygens (including phenoxy) is 2. The van der Waals surface area contributed by atoms with E-state index in [1.54, 1.807) is 13.2 Å². The van der Waals surface area contributed by atoms with Crippen LogP contribution in [0, 0.1) is 5.92 Å². The van der Waals surface area contributed by atoms with Crippen LogP contribution in [-0.2, 0) is 16.1 Å². The predicted molar refractivity (Wildman–Crippen MR) is 128 cm³/mol. The SMILES string of the molecule is COc1cc(CNc2cccc(NC(=O)CC(C)C)c2)ccc1OCC(=O)NC(C)(C)C. The van der Waals surface area contributed by atoms with E-state index >= 15 is 0 Å². The van der Waals surface area contributed by atoms with E-state index in [1.807, 2.05) is 71.0 Å². The highest BCUT2D eigenvalue weighted by Gasteiger charge is 2.15. The Morgan fingerprint density at radius 3 is 2.34 bits per heavy atom. The van der Waals surface area contributed by atoms with Gasteiger partial charge in [-0.15, -0.1) is 0 Å². The van der Waals surface area contributed by atoms with Gasteiger partial charge in [0.25, 0.3) is 5.91 Å². The lowest BCUT2D eigenvalue weighted by Gasteiger charge is -2.20. The zero-order valence-corrected chi connectivity index (χ0v) is 19.9. The van der Waals surface area contributed by atoms with Crippen LogP contribution < -0.4 is 25.4 Å². The topological polar surface area (TPSA) is 88.7 Å². The Hall–Kier alpha value is -3.22. The molecule has 0 spiro atoms. The molecule has 32 heavy (non-hydrogen) atoms. The minimum atomic E-state index is -0.311. The van der Waals surface area contributed by atoms with E-state index in [4.69, 9.17) is 9.47 Å². The van der Waals surface area contributed by atoms with Crippen LogP contribution in [0.2, 0.25) is 0 Å². The monoisotopic (exact) mass is 441 g/mol. The largest absolute Gasteiger partial charge is 0.493 e. The van der Waals surface area contributed by atoms with Crippen molar-refractivity contribution in [2.24, 2.45) is 5.92 Å². The number of hydrogen-bond acceptors (Lipinski definition) is 5. The van der Waals surface area contributed by atoms with Crippen molar-refractivity contribution in [2.75, 3.05) is 24.4 Å². The number of anilines is 2. The molecule has 2 aromatic carbocycles. The molecule has 0 heterocycles. The Labute approximate surface area is 190 Å². The Balaban J connectivity index is 1.95. The fraction of sp³-hybridized carbons (Fsp3) is 0.440. The predicted octanol–water partition coefficient (Wildman–Crippen LogP) is 4.59. The number of amides is 2. The molecule has 0 atom stereocenters. The molecule has 0 unspecified atom stereocenters. The van der Waals surface area contributed by atoms with Crippen LogP contribution in [0.5, 0.6) is 11.5 Å². The van der Waals surface area contributed by atoms with E-state index in [-0.39, 0.29) is 24.0 Å². The number of nitrogens with one attached hydrogen (secondary N) is 3. The molecule has 2 rings (SSSR count). The molecule has 7 nitrogen and oxygen atoms in total. The van der Waals surface area contributed by atoms with Crippen molar-refractivity contribution < 1.29 is 19.1 Å². The molecule has 2 aromatic rings. The van der Waals surface area contributed by atoms with Crippen LogP contribution in [0.25, 0.3) is 0 Å². The van der Waals surface area contributed by atoms with Crippen molar-refractivity contribution >= 4 is 23.2 Å². The summed E-state index contributed by atoms with van der Waals surface area (Å²) < 4.78 is 11.1. The number of hydrogen-bond donors (Lipinski definition) is 3. The molecule has 0 saturated heterocycles. The lowest BCUT2D eigenvalue weighted by atomic mass is 10.1. The second-order valence-corrected chi connectivity index (χ2v) is 9.15. The van der Waals surface area contributed by atoms with Crippen molar-refractivity contribution in [3.8, 4) is 11.5 Å². The second-order valence-electron chi connectivity index (χ2n) is 9.15. The van der Waals surface area contributed by atoms with Gasteiger partial charge in [-0.2, -0.15) is 0 Å². The number of carbonyl (C=O) groups excluding carboxylic acids is 2. The molecule has 0 bridgehead atoms. The summed E-state index contributed by atoms with van der Waals surface area (Å²) in [6.07, 6.45) is 0.490. The van der Waals surface area contributed by atoms with Gasteiger partial charge in [0.05, 0.1) is 7.11 Å². The van der Waals surface area contributed by atoms with Crippen LogP contribution in [0.4, 0.5) is 11.4 Å². The van der Waals surface area contributed by atoms with Gasteiger partial charge in [-0.25, -0.2) is 0 Å². The first-order valence-corrected chi connectivity index (χ1v) is 10.8. The van der Waals surface area contributed by atoms with Crippen molar-refractivity contribution in [1.82, 2.24) is 5.32 Å². The van der Waals surface area contributed by atoms with E-state index in [9.17, 15) is 9.59 Å². The molecule has 7 heteroatoms. The summed E-state index contributed by atoms with van der Waals surface area (Å²) in [6.45, 7) is 10.3. The van der Waals surface area contributed by atoms with Crippen LogP contribution >= 0.6 is 0 Å². The summed E-state index contributed by atoms with van der Waals surface area (Å²) in [5.74, 6) is 1.20. The maximum absolute atomic E-state index is 12.0. The maximum Gasteiger partial charge on any atom is 0.258 e. The summed E-state index contributed by atoms with van der Waals surface area (Å²) >= 11 is 0. The van der Waals surface area contributed by atoms with Gasteiger partial charge in [0.1, 0.15) is 0 Å². The third-order valence-corrected chi connectivity index (χ3v) is 4.34. The van der Waals surface area contributed by atoms with Crippen LogP contribution in [-0.4, -0.2) is 31.1 Å². The van der Waals surface area contributed by atoms with E-state index in [0.717, 1.165) is 16.9 Å². The van der Waals surface area contributed by atoms with Gasteiger partial charge in [-0.1, -0.05) is 26.0 Å². The zero-order chi connectivity index (χ0) is 23.7. The van der Waals surface area contributed by atoms with Gasteiger partial charge in [0.15, 0.2) is 18.1 Å². The molecule has 0 aliphatic rings. The van der Waals surface area contributed by atoms with E-state index in [1.165, 1.54) is 0 Å². The third-order valence-electron chi connectivity index (χ3n) is 4.34. The highest BCUT2D eigenvalue weighted by molar-refractivity contribution is 5.91. The molecule has 174 valence electrons. The summed E-state index contributed by atoms with van der Waals surface area (Å²) in [5, 5.41) is 9.14. The van der Waals surface area contributed by atoms with Crippen molar-refractivity contribution in [3.05, 3.63) is 48.0 Å². The third kappa shape index (κ3) is 8.88. The average molecular weight is 442 g/mol. The van der Waals surface area contributed by atoms with Crippen molar-refractivity contribution in [2.45, 2.75) is 53.1 Å². The Bertz CT molecular complexity index is 920. The van der Waals surface area contributed by atoms with E-state index in [2.05, 4.69) is 16.0 Å². The molecule has 0 aliphatic carbocycles. The minimum Gasteiger partial charge on any atom is -0.493 e. The van der Waals surface area contributed by atoms with Gasteiger partial charge in [0, 0.05) is 29.9 Å². The molecule has 3 N–H and O–H groups in total. The van der Waals surface area contributed by atoms with E-state index in [0.29, 0.717) is 30.4 Å². The lowest BCUT2D eigenvalue weighted by Crippen LogP contribution is -2.43. The average Bonchev–Trinajstić information content (AvgIpc) is 2.69. The molecule has 0 fully saturated rings. The quantitative estimate of drug-likeness (QED) is 0.502. The Morgan fingerprint density at radius 2 is 1.69 bits per heavy atom. The second kappa shape index (κ2) is 11.4. The van der Waals surface area contributed by atoms with Crippen LogP contribution in [0.15, 0.2) is 42.5 Å². The van der Waals surface area contributed by atoms with Crippen molar-refractivity contribution in [1.29, 1.82) is 0 Å². The molecule has 0 aromatic heterocycles. The molecule has 0 aliphatic heterocycles. The fourth-order valence-corrected chi connectivity index (χ4v) is 3.03.